The van der Waals surface area contributed by atoms with Crippen molar-refractivity contribution >= 4 is 39.4 Å². The number of anilines is 1. The number of nitrogens with one attached hydrogen (secondary N) is 1. The number of hydrogen-bond acceptors (Lipinski definition) is 6. The number of halogens is 1. The lowest BCUT2D eigenvalue weighted by molar-refractivity contribution is -0.119. The lowest BCUT2D eigenvalue weighted by Gasteiger charge is -2.22. The Balaban J connectivity index is 1.71. The Morgan fingerprint density at radius 2 is 1.96 bits per heavy atom. The highest BCUT2D eigenvalue weighted by Crippen LogP contribution is 2.32. The molecule has 1 aliphatic heterocycles. The summed E-state index contributed by atoms with van der Waals surface area (Å²) in [4.78, 5) is 12.2. The SMILES string of the molecule is CS(=O)(=O)N(CC(=O)N/N=C/c1cccc2c1OCCO2)c1ccccc1Cl. The second-order valence-corrected chi connectivity index (χ2v) is 8.20. The zero-order chi connectivity index (χ0) is 20.1. The molecule has 28 heavy (non-hydrogen) atoms. The topological polar surface area (TPSA) is 97.3 Å². The van der Waals surface area contributed by atoms with Crippen molar-refractivity contribution in [3.63, 3.8) is 0 Å². The fourth-order valence-electron chi connectivity index (χ4n) is 2.57. The molecule has 1 amide bonds. The number of nitrogens with zero attached hydrogens (tertiary/aromatic N) is 2. The zero-order valence-electron chi connectivity index (χ0n) is 15.0. The maximum Gasteiger partial charge on any atom is 0.260 e. The first-order chi connectivity index (χ1) is 13.4. The number of para-hydroxylation sites is 2. The van der Waals surface area contributed by atoms with E-state index in [0.717, 1.165) is 10.6 Å². The van der Waals surface area contributed by atoms with Gasteiger partial charge in [0, 0.05) is 5.56 Å². The Kier molecular flexibility index (Phi) is 6.05. The lowest BCUT2D eigenvalue weighted by atomic mass is 10.2. The molecular formula is C18H18ClN3O5S. The predicted octanol–water partition coefficient (Wildman–Crippen LogP) is 2.03. The van der Waals surface area contributed by atoms with Crippen LogP contribution in [0.25, 0.3) is 0 Å². The molecule has 0 spiro atoms. The molecule has 1 N–H and O–H groups in total. The van der Waals surface area contributed by atoms with Crippen LogP contribution in [0.4, 0.5) is 5.69 Å². The molecule has 0 radical (unpaired) electrons. The van der Waals surface area contributed by atoms with E-state index in [-0.39, 0.29) is 10.7 Å². The van der Waals surface area contributed by atoms with E-state index in [9.17, 15) is 13.2 Å². The van der Waals surface area contributed by atoms with Gasteiger partial charge in [0.05, 0.1) is 23.2 Å². The molecule has 0 bridgehead atoms. The van der Waals surface area contributed by atoms with Crippen LogP contribution in [0.2, 0.25) is 5.02 Å². The third-order valence-electron chi connectivity index (χ3n) is 3.80. The van der Waals surface area contributed by atoms with E-state index in [1.165, 1.54) is 12.3 Å². The number of carbonyl (C=O) groups excluding carboxylic acids is 1. The van der Waals surface area contributed by atoms with Gasteiger partial charge in [-0.2, -0.15) is 5.10 Å². The van der Waals surface area contributed by atoms with E-state index in [1.54, 1.807) is 36.4 Å². The Bertz CT molecular complexity index is 1010. The van der Waals surface area contributed by atoms with Crippen molar-refractivity contribution in [3.8, 4) is 11.5 Å². The molecule has 3 rings (SSSR count). The first-order valence-electron chi connectivity index (χ1n) is 8.29. The first-order valence-corrected chi connectivity index (χ1v) is 10.5. The van der Waals surface area contributed by atoms with E-state index in [4.69, 9.17) is 21.1 Å². The van der Waals surface area contributed by atoms with Crippen LogP contribution < -0.4 is 19.2 Å². The van der Waals surface area contributed by atoms with Crippen LogP contribution in [0.15, 0.2) is 47.6 Å². The van der Waals surface area contributed by atoms with Gasteiger partial charge < -0.3 is 9.47 Å². The summed E-state index contributed by atoms with van der Waals surface area (Å²) in [6.07, 6.45) is 2.41. The van der Waals surface area contributed by atoms with Crippen molar-refractivity contribution in [1.29, 1.82) is 0 Å². The van der Waals surface area contributed by atoms with Gasteiger partial charge in [-0.05, 0) is 24.3 Å². The number of sulfonamides is 1. The van der Waals surface area contributed by atoms with Crippen LogP contribution in [0, 0.1) is 0 Å². The highest BCUT2D eigenvalue weighted by molar-refractivity contribution is 7.92. The number of rotatable bonds is 6. The van der Waals surface area contributed by atoms with Crippen LogP contribution in [0.1, 0.15) is 5.56 Å². The van der Waals surface area contributed by atoms with Gasteiger partial charge in [0.15, 0.2) is 11.5 Å². The van der Waals surface area contributed by atoms with Gasteiger partial charge in [0.2, 0.25) is 10.0 Å². The molecule has 0 aliphatic carbocycles. The molecule has 0 aromatic heterocycles. The van der Waals surface area contributed by atoms with E-state index >= 15 is 0 Å². The highest BCUT2D eigenvalue weighted by Gasteiger charge is 2.22. The maximum atomic E-state index is 12.2. The third kappa shape index (κ3) is 4.73. The van der Waals surface area contributed by atoms with Crippen LogP contribution in [-0.4, -0.2) is 46.6 Å². The van der Waals surface area contributed by atoms with Gasteiger partial charge in [-0.15, -0.1) is 0 Å². The molecule has 1 heterocycles. The number of fused-ring (bicyclic) bond motifs is 1. The van der Waals surface area contributed by atoms with E-state index in [0.29, 0.717) is 30.3 Å². The van der Waals surface area contributed by atoms with Crippen molar-refractivity contribution in [1.82, 2.24) is 5.43 Å². The largest absolute Gasteiger partial charge is 0.486 e. The number of amides is 1. The summed E-state index contributed by atoms with van der Waals surface area (Å²) in [5.74, 6) is 0.521. The van der Waals surface area contributed by atoms with Crippen LogP contribution in [-0.2, 0) is 14.8 Å². The van der Waals surface area contributed by atoms with Crippen LogP contribution in [0.3, 0.4) is 0 Å². The van der Waals surface area contributed by atoms with Crippen molar-refractivity contribution in [3.05, 3.63) is 53.1 Å². The summed E-state index contributed by atoms with van der Waals surface area (Å²) in [5.41, 5.74) is 3.16. The average molecular weight is 424 g/mol. The van der Waals surface area contributed by atoms with Crippen molar-refractivity contribution in [2.24, 2.45) is 5.10 Å². The minimum atomic E-state index is -3.73. The van der Waals surface area contributed by atoms with Crippen molar-refractivity contribution < 1.29 is 22.7 Å². The summed E-state index contributed by atoms with van der Waals surface area (Å²) < 4.78 is 36.1. The molecule has 0 atom stereocenters. The van der Waals surface area contributed by atoms with Gasteiger partial charge in [0.1, 0.15) is 19.8 Å². The lowest BCUT2D eigenvalue weighted by Crippen LogP contribution is -2.39. The normalized spacial score (nSPS) is 13.4. The summed E-state index contributed by atoms with van der Waals surface area (Å²) >= 11 is 6.07. The monoisotopic (exact) mass is 423 g/mol. The minimum absolute atomic E-state index is 0.216. The summed E-state index contributed by atoms with van der Waals surface area (Å²) in [6, 6.07) is 11.7. The number of ether oxygens (including phenoxy) is 2. The molecule has 2 aromatic rings. The van der Waals surface area contributed by atoms with Gasteiger partial charge in [-0.3, -0.25) is 9.10 Å². The zero-order valence-corrected chi connectivity index (χ0v) is 16.5. The van der Waals surface area contributed by atoms with Crippen LogP contribution in [0.5, 0.6) is 11.5 Å². The molecule has 1 aliphatic rings. The van der Waals surface area contributed by atoms with E-state index in [1.807, 2.05) is 0 Å². The van der Waals surface area contributed by atoms with Gasteiger partial charge in [-0.1, -0.05) is 29.8 Å². The molecule has 0 unspecified atom stereocenters. The molecule has 0 saturated carbocycles. The number of benzene rings is 2. The fourth-order valence-corrected chi connectivity index (χ4v) is 3.73. The molecule has 0 fully saturated rings. The summed E-state index contributed by atoms with van der Waals surface area (Å²) in [7, 11) is -3.73. The summed E-state index contributed by atoms with van der Waals surface area (Å²) in [6.45, 7) is 0.422. The first kappa shape index (κ1) is 20.0. The molecule has 10 heteroatoms. The van der Waals surface area contributed by atoms with Gasteiger partial charge in [-0.25, -0.2) is 13.8 Å². The Morgan fingerprint density at radius 3 is 2.71 bits per heavy atom. The van der Waals surface area contributed by atoms with E-state index in [2.05, 4.69) is 10.5 Å². The Hall–Kier alpha value is -2.78. The standard InChI is InChI=1S/C18H18ClN3O5S/c1-28(24,25)22(15-7-3-2-6-14(15)19)12-17(23)21-20-11-13-5-4-8-16-18(13)27-10-9-26-16/h2-8,11H,9-10,12H2,1H3,(H,21,23)/b20-11+. The number of hydrogen-bond donors (Lipinski definition) is 1. The summed E-state index contributed by atoms with van der Waals surface area (Å²) in [5, 5.41) is 4.11. The molecule has 2 aromatic carbocycles. The predicted molar refractivity (Wildman–Crippen MR) is 107 cm³/mol. The van der Waals surface area contributed by atoms with Gasteiger partial charge >= 0.3 is 0 Å². The Morgan fingerprint density at radius 1 is 1.21 bits per heavy atom. The smallest absolute Gasteiger partial charge is 0.260 e. The van der Waals surface area contributed by atoms with Crippen LogP contribution >= 0.6 is 11.6 Å². The Labute approximate surface area is 167 Å². The highest BCUT2D eigenvalue weighted by atomic mass is 35.5. The molecule has 0 saturated heterocycles. The average Bonchev–Trinajstić information content (AvgIpc) is 2.66. The molecule has 148 valence electrons. The minimum Gasteiger partial charge on any atom is -0.486 e. The molecule has 8 nitrogen and oxygen atoms in total. The second-order valence-electron chi connectivity index (χ2n) is 5.89. The quantitative estimate of drug-likeness (QED) is 0.566. The van der Waals surface area contributed by atoms with Crippen molar-refractivity contribution in [2.75, 3.05) is 30.3 Å². The van der Waals surface area contributed by atoms with E-state index < -0.39 is 22.5 Å². The maximum absolute atomic E-state index is 12.2. The number of carbonyl (C=O) groups is 1. The third-order valence-corrected chi connectivity index (χ3v) is 5.24. The number of hydrazone groups is 1. The van der Waals surface area contributed by atoms with Crippen molar-refractivity contribution in [2.45, 2.75) is 0 Å². The van der Waals surface area contributed by atoms with Gasteiger partial charge in [0.25, 0.3) is 5.91 Å². The fraction of sp³-hybridized carbons (Fsp3) is 0.222. The second kappa shape index (κ2) is 8.49. The molecular weight excluding hydrogens is 406 g/mol.